The fourth-order valence-corrected chi connectivity index (χ4v) is 3.96. The number of nitrogens with one attached hydrogen (secondary N) is 1. The molecule has 2 aromatic heterocycles. The van der Waals surface area contributed by atoms with Gasteiger partial charge >= 0.3 is 0 Å². The van der Waals surface area contributed by atoms with Crippen LogP contribution in [0.4, 0.5) is 5.13 Å². The largest absolute Gasteiger partial charge is 0.359 e. The molecule has 0 bridgehead atoms. The van der Waals surface area contributed by atoms with Crippen LogP contribution in [0.25, 0.3) is 11.3 Å². The number of pyridine rings is 1. The predicted molar refractivity (Wildman–Crippen MR) is 104 cm³/mol. The second-order valence-corrected chi connectivity index (χ2v) is 7.21. The SMILES string of the molecule is O=C(c1ccncc1)N1CCC(Nc2nc(-c3ccccc3)cs2)CC1. The predicted octanol–water partition coefficient (Wildman–Crippen LogP) is 3.92. The van der Waals surface area contributed by atoms with Crippen molar-refractivity contribution in [3.63, 3.8) is 0 Å². The summed E-state index contributed by atoms with van der Waals surface area (Å²) in [6, 6.07) is 14.1. The average Bonchev–Trinajstić information content (AvgIpc) is 3.18. The second kappa shape index (κ2) is 7.66. The molecule has 0 aliphatic carbocycles. The lowest BCUT2D eigenvalue weighted by Gasteiger charge is -2.32. The van der Waals surface area contributed by atoms with Crippen LogP contribution < -0.4 is 5.32 Å². The van der Waals surface area contributed by atoms with Gasteiger partial charge in [0.2, 0.25) is 0 Å². The van der Waals surface area contributed by atoms with E-state index in [0.29, 0.717) is 11.6 Å². The number of carbonyl (C=O) groups is 1. The normalized spacial score (nSPS) is 15.0. The number of piperidine rings is 1. The van der Waals surface area contributed by atoms with Crippen molar-refractivity contribution in [2.45, 2.75) is 18.9 Å². The Kier molecular flexibility index (Phi) is 4.93. The van der Waals surface area contributed by atoms with Crippen molar-refractivity contribution in [2.24, 2.45) is 0 Å². The molecule has 1 aromatic carbocycles. The zero-order valence-corrected chi connectivity index (χ0v) is 15.2. The molecule has 5 nitrogen and oxygen atoms in total. The fraction of sp³-hybridized carbons (Fsp3) is 0.250. The Morgan fingerprint density at radius 2 is 1.81 bits per heavy atom. The van der Waals surface area contributed by atoms with Gasteiger partial charge in [-0.3, -0.25) is 9.78 Å². The lowest BCUT2D eigenvalue weighted by Crippen LogP contribution is -2.42. The number of carbonyl (C=O) groups excluding carboxylic acids is 1. The summed E-state index contributed by atoms with van der Waals surface area (Å²) in [5.41, 5.74) is 2.84. The van der Waals surface area contributed by atoms with Crippen molar-refractivity contribution in [2.75, 3.05) is 18.4 Å². The minimum Gasteiger partial charge on any atom is -0.359 e. The third-order valence-corrected chi connectivity index (χ3v) is 5.38. The molecule has 0 spiro atoms. The first-order chi connectivity index (χ1) is 12.8. The Hall–Kier alpha value is -2.73. The Morgan fingerprint density at radius 1 is 1.08 bits per heavy atom. The minimum atomic E-state index is 0.0893. The van der Waals surface area contributed by atoms with Crippen LogP contribution in [0.2, 0.25) is 0 Å². The number of rotatable bonds is 4. The van der Waals surface area contributed by atoms with Crippen LogP contribution in [0.5, 0.6) is 0 Å². The molecule has 0 saturated carbocycles. The standard InChI is InChI=1S/C20H20N4OS/c25-19(16-6-10-21-11-7-16)24-12-8-17(9-13-24)22-20-23-18(14-26-20)15-4-2-1-3-5-15/h1-7,10-11,14,17H,8-9,12-13H2,(H,22,23). The van der Waals surface area contributed by atoms with Crippen molar-refractivity contribution >= 4 is 22.4 Å². The number of amides is 1. The van der Waals surface area contributed by atoms with Gasteiger partial charge < -0.3 is 10.2 Å². The first-order valence-corrected chi connectivity index (χ1v) is 9.64. The van der Waals surface area contributed by atoms with Gasteiger partial charge in [0, 0.05) is 48.0 Å². The average molecular weight is 364 g/mol. The van der Waals surface area contributed by atoms with Gasteiger partial charge in [0.15, 0.2) is 5.13 Å². The number of benzene rings is 1. The van der Waals surface area contributed by atoms with Crippen LogP contribution in [-0.2, 0) is 0 Å². The molecule has 1 aliphatic heterocycles. The third kappa shape index (κ3) is 3.75. The van der Waals surface area contributed by atoms with Crippen LogP contribution in [0.3, 0.4) is 0 Å². The monoisotopic (exact) mass is 364 g/mol. The molecular formula is C20H20N4OS. The number of hydrogen-bond acceptors (Lipinski definition) is 5. The highest BCUT2D eigenvalue weighted by Crippen LogP contribution is 2.26. The summed E-state index contributed by atoms with van der Waals surface area (Å²) in [7, 11) is 0. The zero-order chi connectivity index (χ0) is 17.8. The van der Waals surface area contributed by atoms with Gasteiger partial charge in [0.05, 0.1) is 5.69 Å². The summed E-state index contributed by atoms with van der Waals surface area (Å²) in [5, 5.41) is 6.56. The van der Waals surface area contributed by atoms with Crippen molar-refractivity contribution in [3.8, 4) is 11.3 Å². The van der Waals surface area contributed by atoms with E-state index in [1.54, 1.807) is 35.9 Å². The Labute approximate surface area is 156 Å². The molecule has 1 amide bonds. The maximum atomic E-state index is 12.5. The maximum Gasteiger partial charge on any atom is 0.253 e. The molecule has 0 radical (unpaired) electrons. The molecule has 132 valence electrons. The highest BCUT2D eigenvalue weighted by atomic mass is 32.1. The van der Waals surface area contributed by atoms with Crippen LogP contribution in [0.1, 0.15) is 23.2 Å². The number of thiazole rings is 1. The molecule has 26 heavy (non-hydrogen) atoms. The quantitative estimate of drug-likeness (QED) is 0.762. The highest BCUT2D eigenvalue weighted by Gasteiger charge is 2.24. The van der Waals surface area contributed by atoms with E-state index in [4.69, 9.17) is 4.98 Å². The fourth-order valence-electron chi connectivity index (χ4n) is 3.16. The maximum absolute atomic E-state index is 12.5. The van der Waals surface area contributed by atoms with Gasteiger partial charge in [-0.05, 0) is 25.0 Å². The van der Waals surface area contributed by atoms with E-state index < -0.39 is 0 Å². The summed E-state index contributed by atoms with van der Waals surface area (Å²) in [6.07, 6.45) is 5.18. The van der Waals surface area contributed by atoms with Crippen molar-refractivity contribution < 1.29 is 4.79 Å². The van der Waals surface area contributed by atoms with E-state index in [-0.39, 0.29) is 5.91 Å². The molecule has 1 N–H and O–H groups in total. The molecule has 4 rings (SSSR count). The summed E-state index contributed by atoms with van der Waals surface area (Å²) in [5.74, 6) is 0.0893. The van der Waals surface area contributed by atoms with Crippen molar-refractivity contribution in [1.29, 1.82) is 0 Å². The highest BCUT2D eigenvalue weighted by molar-refractivity contribution is 7.14. The Morgan fingerprint density at radius 3 is 2.54 bits per heavy atom. The van der Waals surface area contributed by atoms with Gasteiger partial charge in [-0.15, -0.1) is 11.3 Å². The van der Waals surface area contributed by atoms with E-state index in [9.17, 15) is 4.79 Å². The smallest absolute Gasteiger partial charge is 0.253 e. The Balaban J connectivity index is 1.33. The first-order valence-electron chi connectivity index (χ1n) is 8.76. The topological polar surface area (TPSA) is 58.1 Å². The van der Waals surface area contributed by atoms with E-state index >= 15 is 0 Å². The van der Waals surface area contributed by atoms with Gasteiger partial charge in [-0.25, -0.2) is 4.98 Å². The second-order valence-electron chi connectivity index (χ2n) is 6.35. The zero-order valence-electron chi connectivity index (χ0n) is 14.3. The number of hydrogen-bond donors (Lipinski definition) is 1. The molecule has 1 fully saturated rings. The van der Waals surface area contributed by atoms with Gasteiger partial charge in [-0.2, -0.15) is 0 Å². The van der Waals surface area contributed by atoms with Gasteiger partial charge in [-0.1, -0.05) is 30.3 Å². The van der Waals surface area contributed by atoms with E-state index in [0.717, 1.165) is 42.3 Å². The summed E-state index contributed by atoms with van der Waals surface area (Å²) < 4.78 is 0. The van der Waals surface area contributed by atoms with Crippen LogP contribution in [0, 0.1) is 0 Å². The number of likely N-dealkylation sites (tertiary alicyclic amines) is 1. The molecule has 0 unspecified atom stereocenters. The van der Waals surface area contributed by atoms with Crippen LogP contribution in [-0.4, -0.2) is 39.9 Å². The molecule has 3 heterocycles. The number of aromatic nitrogens is 2. The molecular weight excluding hydrogens is 344 g/mol. The van der Waals surface area contributed by atoms with Crippen molar-refractivity contribution in [3.05, 3.63) is 65.8 Å². The Bertz CT molecular complexity index is 858. The van der Waals surface area contributed by atoms with Crippen LogP contribution >= 0.6 is 11.3 Å². The summed E-state index contributed by atoms with van der Waals surface area (Å²) >= 11 is 1.63. The molecule has 3 aromatic rings. The minimum absolute atomic E-state index is 0.0893. The van der Waals surface area contributed by atoms with Gasteiger partial charge in [0.25, 0.3) is 5.91 Å². The van der Waals surface area contributed by atoms with E-state index in [1.807, 2.05) is 23.1 Å². The van der Waals surface area contributed by atoms with E-state index in [1.165, 1.54) is 0 Å². The molecule has 6 heteroatoms. The summed E-state index contributed by atoms with van der Waals surface area (Å²) in [4.78, 5) is 23.1. The van der Waals surface area contributed by atoms with Crippen LogP contribution in [0.15, 0.2) is 60.2 Å². The first kappa shape index (κ1) is 16.7. The van der Waals surface area contributed by atoms with Crippen molar-refractivity contribution in [1.82, 2.24) is 14.9 Å². The molecule has 1 aliphatic rings. The number of nitrogens with zero attached hydrogens (tertiary/aromatic N) is 3. The molecule has 0 atom stereocenters. The lowest BCUT2D eigenvalue weighted by molar-refractivity contribution is 0.0718. The van der Waals surface area contributed by atoms with Gasteiger partial charge in [0.1, 0.15) is 0 Å². The lowest BCUT2D eigenvalue weighted by atomic mass is 10.0. The number of anilines is 1. The third-order valence-electron chi connectivity index (χ3n) is 4.61. The van der Waals surface area contributed by atoms with E-state index in [2.05, 4.69) is 27.8 Å². The molecule has 1 saturated heterocycles. The summed E-state index contributed by atoms with van der Waals surface area (Å²) in [6.45, 7) is 1.52.